The minimum absolute atomic E-state index is 0.185. The topological polar surface area (TPSA) is 65.2 Å². The molecule has 2 N–H and O–H groups in total. The fourth-order valence-corrected chi connectivity index (χ4v) is 2.52. The van der Waals surface area contributed by atoms with E-state index in [2.05, 4.69) is 9.98 Å². The zero-order chi connectivity index (χ0) is 18.5. The summed E-state index contributed by atoms with van der Waals surface area (Å²) in [6.07, 6.45) is 3.25. The van der Waals surface area contributed by atoms with Gasteiger partial charge in [0.1, 0.15) is 11.5 Å². The van der Waals surface area contributed by atoms with E-state index in [1.165, 1.54) is 0 Å². The van der Waals surface area contributed by atoms with Gasteiger partial charge in [-0.3, -0.25) is 9.98 Å². The average molecular weight is 344 g/mol. The van der Waals surface area contributed by atoms with Gasteiger partial charge in [0, 0.05) is 23.6 Å². The van der Waals surface area contributed by atoms with E-state index in [-0.39, 0.29) is 11.5 Å². The second kappa shape index (κ2) is 7.66. The Kier molecular flexibility index (Phi) is 5.13. The number of phenolic OH excluding ortho intramolecular Hbond substituents is 2. The SMILES string of the molecule is Cc1ccc(O)c(C=Nc2ccccc2N=Cc2cc(C)ccc2O)c1. The summed E-state index contributed by atoms with van der Waals surface area (Å²) in [6.45, 7) is 3.92. The summed E-state index contributed by atoms with van der Waals surface area (Å²) >= 11 is 0. The number of aliphatic imine (C=N–C) groups is 2. The first-order valence-electron chi connectivity index (χ1n) is 8.29. The Morgan fingerprint density at radius 3 is 1.50 bits per heavy atom. The van der Waals surface area contributed by atoms with E-state index in [0.29, 0.717) is 22.5 Å². The molecule has 3 aromatic rings. The van der Waals surface area contributed by atoms with Crippen molar-refractivity contribution in [2.75, 3.05) is 0 Å². The third-order valence-corrected chi connectivity index (χ3v) is 3.93. The molecule has 0 aromatic heterocycles. The first kappa shape index (κ1) is 17.4. The first-order chi connectivity index (χ1) is 12.5. The molecular formula is C22H20N2O2. The first-order valence-corrected chi connectivity index (χ1v) is 8.29. The monoisotopic (exact) mass is 344 g/mol. The highest BCUT2D eigenvalue weighted by Crippen LogP contribution is 2.28. The van der Waals surface area contributed by atoms with E-state index in [4.69, 9.17) is 0 Å². The smallest absolute Gasteiger partial charge is 0.124 e. The van der Waals surface area contributed by atoms with Crippen molar-refractivity contribution in [3.05, 3.63) is 82.9 Å². The Morgan fingerprint density at radius 1 is 0.654 bits per heavy atom. The van der Waals surface area contributed by atoms with Gasteiger partial charge in [-0.15, -0.1) is 0 Å². The van der Waals surface area contributed by atoms with Crippen LogP contribution in [0.5, 0.6) is 11.5 Å². The van der Waals surface area contributed by atoms with Crippen molar-refractivity contribution in [2.24, 2.45) is 9.98 Å². The predicted molar refractivity (Wildman–Crippen MR) is 107 cm³/mol. The summed E-state index contributed by atoms with van der Waals surface area (Å²) in [5.41, 5.74) is 4.75. The van der Waals surface area contributed by atoms with Gasteiger partial charge in [-0.25, -0.2) is 0 Å². The molecule has 4 heteroatoms. The number of aryl methyl sites for hydroxylation is 2. The maximum absolute atomic E-state index is 9.94. The van der Waals surface area contributed by atoms with E-state index in [9.17, 15) is 10.2 Å². The van der Waals surface area contributed by atoms with Crippen LogP contribution in [-0.2, 0) is 0 Å². The van der Waals surface area contributed by atoms with Gasteiger partial charge in [-0.2, -0.15) is 0 Å². The minimum atomic E-state index is 0.185. The molecule has 0 bridgehead atoms. The van der Waals surface area contributed by atoms with Gasteiger partial charge in [-0.1, -0.05) is 35.4 Å². The van der Waals surface area contributed by atoms with Crippen molar-refractivity contribution < 1.29 is 10.2 Å². The van der Waals surface area contributed by atoms with E-state index in [1.54, 1.807) is 24.6 Å². The highest BCUT2D eigenvalue weighted by atomic mass is 16.3. The standard InChI is InChI=1S/C22H20N2O2/c1-15-7-9-21(25)17(11-15)13-23-19-5-3-4-6-20(19)24-14-18-12-16(2)8-10-22(18)26/h3-14,25-26H,1-2H3. The third-order valence-electron chi connectivity index (χ3n) is 3.93. The van der Waals surface area contributed by atoms with Gasteiger partial charge in [0.25, 0.3) is 0 Å². The van der Waals surface area contributed by atoms with Crippen LogP contribution in [0.2, 0.25) is 0 Å². The molecule has 0 radical (unpaired) electrons. The van der Waals surface area contributed by atoms with Crippen LogP contribution in [0.15, 0.2) is 70.6 Å². The van der Waals surface area contributed by atoms with Gasteiger partial charge >= 0.3 is 0 Å². The molecule has 0 fully saturated rings. The van der Waals surface area contributed by atoms with E-state index >= 15 is 0 Å². The predicted octanol–water partition coefficient (Wildman–Crippen LogP) is 5.22. The van der Waals surface area contributed by atoms with E-state index in [0.717, 1.165) is 11.1 Å². The van der Waals surface area contributed by atoms with Gasteiger partial charge in [0.2, 0.25) is 0 Å². The molecule has 3 rings (SSSR count). The third kappa shape index (κ3) is 4.16. The molecule has 4 nitrogen and oxygen atoms in total. The molecule has 0 saturated heterocycles. The molecule has 130 valence electrons. The lowest BCUT2D eigenvalue weighted by Gasteiger charge is -2.03. The van der Waals surface area contributed by atoms with Crippen LogP contribution < -0.4 is 0 Å². The largest absolute Gasteiger partial charge is 0.507 e. The summed E-state index contributed by atoms with van der Waals surface area (Å²) in [6, 6.07) is 18.2. The van der Waals surface area contributed by atoms with Crippen molar-refractivity contribution in [1.82, 2.24) is 0 Å². The summed E-state index contributed by atoms with van der Waals surface area (Å²) in [4.78, 5) is 8.94. The van der Waals surface area contributed by atoms with Crippen LogP contribution in [0.3, 0.4) is 0 Å². The van der Waals surface area contributed by atoms with Gasteiger partial charge in [-0.05, 0) is 50.2 Å². The molecule has 0 saturated carbocycles. The number of para-hydroxylation sites is 2. The average Bonchev–Trinajstić information content (AvgIpc) is 2.64. The number of phenols is 2. The number of hydrogen-bond donors (Lipinski definition) is 2. The fraction of sp³-hybridized carbons (Fsp3) is 0.0909. The van der Waals surface area contributed by atoms with Gasteiger partial charge in [0.15, 0.2) is 0 Å². The number of benzene rings is 3. The summed E-state index contributed by atoms with van der Waals surface area (Å²) in [5.74, 6) is 0.370. The highest BCUT2D eigenvalue weighted by Gasteiger charge is 2.02. The minimum Gasteiger partial charge on any atom is -0.507 e. The molecule has 0 amide bonds. The van der Waals surface area contributed by atoms with Crippen molar-refractivity contribution in [3.63, 3.8) is 0 Å². The Bertz CT molecular complexity index is 911. The number of aromatic hydroxyl groups is 2. The Labute approximate surface area is 152 Å². The normalized spacial score (nSPS) is 11.5. The summed E-state index contributed by atoms with van der Waals surface area (Å²) < 4.78 is 0. The summed E-state index contributed by atoms with van der Waals surface area (Å²) in [5, 5.41) is 19.9. The maximum Gasteiger partial charge on any atom is 0.124 e. The van der Waals surface area contributed by atoms with Crippen LogP contribution in [-0.4, -0.2) is 22.6 Å². The van der Waals surface area contributed by atoms with Crippen molar-refractivity contribution >= 4 is 23.8 Å². The second-order valence-electron chi connectivity index (χ2n) is 6.13. The van der Waals surface area contributed by atoms with Crippen LogP contribution >= 0.6 is 0 Å². The van der Waals surface area contributed by atoms with Crippen LogP contribution in [0.25, 0.3) is 0 Å². The lowest BCUT2D eigenvalue weighted by molar-refractivity contribution is 0.474. The number of hydrogen-bond acceptors (Lipinski definition) is 4. The molecule has 0 aliphatic carbocycles. The number of nitrogens with zero attached hydrogens (tertiary/aromatic N) is 2. The molecule has 0 aliphatic rings. The van der Waals surface area contributed by atoms with Crippen molar-refractivity contribution in [3.8, 4) is 11.5 Å². The van der Waals surface area contributed by atoms with Gasteiger partial charge < -0.3 is 10.2 Å². The maximum atomic E-state index is 9.94. The molecule has 0 spiro atoms. The van der Waals surface area contributed by atoms with Crippen LogP contribution in [0.4, 0.5) is 11.4 Å². The molecule has 0 heterocycles. The van der Waals surface area contributed by atoms with Crippen LogP contribution in [0, 0.1) is 13.8 Å². The zero-order valence-corrected chi connectivity index (χ0v) is 14.7. The molecular weight excluding hydrogens is 324 g/mol. The molecule has 0 aliphatic heterocycles. The van der Waals surface area contributed by atoms with Crippen molar-refractivity contribution in [2.45, 2.75) is 13.8 Å². The lowest BCUT2D eigenvalue weighted by atomic mass is 10.1. The van der Waals surface area contributed by atoms with E-state index < -0.39 is 0 Å². The van der Waals surface area contributed by atoms with E-state index in [1.807, 2.05) is 62.4 Å². The molecule has 3 aromatic carbocycles. The quantitative estimate of drug-likeness (QED) is 0.638. The van der Waals surface area contributed by atoms with Gasteiger partial charge in [0.05, 0.1) is 11.4 Å². The van der Waals surface area contributed by atoms with Crippen LogP contribution in [0.1, 0.15) is 22.3 Å². The summed E-state index contributed by atoms with van der Waals surface area (Å²) in [7, 11) is 0. The molecule has 0 unspecified atom stereocenters. The Hall–Kier alpha value is -3.40. The second-order valence-corrected chi connectivity index (χ2v) is 6.13. The van der Waals surface area contributed by atoms with Crippen molar-refractivity contribution in [1.29, 1.82) is 0 Å². The Balaban J connectivity index is 1.91. The number of rotatable bonds is 4. The highest BCUT2D eigenvalue weighted by molar-refractivity contribution is 5.89. The zero-order valence-electron chi connectivity index (χ0n) is 14.7. The Morgan fingerprint density at radius 2 is 1.08 bits per heavy atom. The lowest BCUT2D eigenvalue weighted by Crippen LogP contribution is -1.85. The molecule has 0 atom stereocenters. The fourth-order valence-electron chi connectivity index (χ4n) is 2.52. The molecule has 26 heavy (non-hydrogen) atoms.